The van der Waals surface area contributed by atoms with Gasteiger partial charge in [0.15, 0.2) is 0 Å². The van der Waals surface area contributed by atoms with Gasteiger partial charge in [0, 0.05) is 12.6 Å². The fourth-order valence-electron chi connectivity index (χ4n) is 2.30. The molecule has 0 bridgehead atoms. The second kappa shape index (κ2) is 5.32. The first kappa shape index (κ1) is 14.6. The van der Waals surface area contributed by atoms with Gasteiger partial charge in [-0.2, -0.15) is 0 Å². The van der Waals surface area contributed by atoms with E-state index in [4.69, 9.17) is 0 Å². The molecule has 2 aromatic rings. The zero-order chi connectivity index (χ0) is 14.9. The van der Waals surface area contributed by atoms with Crippen LogP contribution < -0.4 is 10.4 Å². The first-order valence-electron chi connectivity index (χ1n) is 6.55. The SMILES string of the molecule is CCn1c(=NNS(C)(=O)=O)n(C(C)C)c2ccccc21. The Bertz CT molecular complexity index is 784. The van der Waals surface area contributed by atoms with Crippen LogP contribution in [0.25, 0.3) is 11.0 Å². The van der Waals surface area contributed by atoms with Crippen LogP contribution in [0.1, 0.15) is 26.8 Å². The van der Waals surface area contributed by atoms with Crippen molar-refractivity contribution in [1.29, 1.82) is 0 Å². The van der Waals surface area contributed by atoms with Crippen molar-refractivity contribution in [3.05, 3.63) is 29.9 Å². The van der Waals surface area contributed by atoms with E-state index >= 15 is 0 Å². The lowest BCUT2D eigenvalue weighted by atomic mass is 10.3. The molecule has 1 heterocycles. The minimum atomic E-state index is -3.37. The number of nitrogens with zero attached hydrogens (tertiary/aromatic N) is 3. The summed E-state index contributed by atoms with van der Waals surface area (Å²) in [7, 11) is -3.37. The van der Waals surface area contributed by atoms with Gasteiger partial charge in [0.25, 0.3) is 0 Å². The fraction of sp³-hybridized carbons (Fsp3) is 0.462. The molecule has 1 aromatic carbocycles. The number of aryl methyl sites for hydroxylation is 1. The van der Waals surface area contributed by atoms with Crippen molar-refractivity contribution >= 4 is 21.1 Å². The summed E-state index contributed by atoms with van der Waals surface area (Å²) in [4.78, 5) is 2.22. The van der Waals surface area contributed by atoms with Crippen molar-refractivity contribution in [3.63, 3.8) is 0 Å². The van der Waals surface area contributed by atoms with Gasteiger partial charge in [-0.05, 0) is 32.9 Å². The van der Waals surface area contributed by atoms with Crippen molar-refractivity contribution in [1.82, 2.24) is 14.0 Å². The van der Waals surface area contributed by atoms with Gasteiger partial charge in [0.1, 0.15) is 0 Å². The van der Waals surface area contributed by atoms with Gasteiger partial charge in [0.05, 0.1) is 17.3 Å². The number of imidazole rings is 1. The lowest BCUT2D eigenvalue weighted by Gasteiger charge is -2.09. The highest BCUT2D eigenvalue weighted by atomic mass is 32.2. The van der Waals surface area contributed by atoms with Crippen molar-refractivity contribution in [2.45, 2.75) is 33.4 Å². The van der Waals surface area contributed by atoms with Crippen LogP contribution in [0.15, 0.2) is 29.4 Å². The van der Waals surface area contributed by atoms with Gasteiger partial charge in [-0.3, -0.25) is 0 Å². The monoisotopic (exact) mass is 296 g/mol. The predicted molar refractivity (Wildman–Crippen MR) is 79.5 cm³/mol. The lowest BCUT2D eigenvalue weighted by molar-refractivity contribution is 0.543. The molecular weight excluding hydrogens is 276 g/mol. The van der Waals surface area contributed by atoms with Gasteiger partial charge in [-0.1, -0.05) is 12.1 Å². The standard InChI is InChI=1S/C13H20N4O2S/c1-5-16-11-8-6-7-9-12(11)17(10(2)3)13(16)14-15-20(4,18)19/h6-10,15H,5H2,1-4H3. The average Bonchev–Trinajstić information content (AvgIpc) is 2.68. The first-order chi connectivity index (χ1) is 9.35. The van der Waals surface area contributed by atoms with E-state index in [0.717, 1.165) is 17.3 Å². The molecule has 7 heteroatoms. The maximum Gasteiger partial charge on any atom is 0.244 e. The molecule has 0 aliphatic carbocycles. The van der Waals surface area contributed by atoms with E-state index in [2.05, 4.69) is 9.93 Å². The Balaban J connectivity index is 2.83. The highest BCUT2D eigenvalue weighted by Gasteiger charge is 2.13. The van der Waals surface area contributed by atoms with E-state index in [1.54, 1.807) is 0 Å². The second-order valence-corrected chi connectivity index (χ2v) is 6.70. The van der Waals surface area contributed by atoms with Gasteiger partial charge in [0.2, 0.25) is 15.6 Å². The molecule has 0 saturated heterocycles. The number of rotatable bonds is 4. The van der Waals surface area contributed by atoms with Crippen molar-refractivity contribution in [3.8, 4) is 0 Å². The van der Waals surface area contributed by atoms with E-state index in [1.807, 2.05) is 54.2 Å². The number of para-hydroxylation sites is 2. The molecule has 0 saturated carbocycles. The number of benzene rings is 1. The second-order valence-electron chi connectivity index (χ2n) is 4.97. The zero-order valence-electron chi connectivity index (χ0n) is 12.2. The number of aromatic nitrogens is 2. The van der Waals surface area contributed by atoms with Crippen LogP contribution in [0.2, 0.25) is 0 Å². The Morgan fingerprint density at radius 3 is 2.35 bits per heavy atom. The molecular formula is C13H20N4O2S. The van der Waals surface area contributed by atoms with Crippen molar-refractivity contribution < 1.29 is 8.42 Å². The van der Waals surface area contributed by atoms with Crippen LogP contribution in [0.3, 0.4) is 0 Å². The van der Waals surface area contributed by atoms with E-state index in [0.29, 0.717) is 12.2 Å². The smallest absolute Gasteiger partial charge is 0.244 e. The van der Waals surface area contributed by atoms with Gasteiger partial charge in [-0.15, -0.1) is 5.10 Å². The maximum absolute atomic E-state index is 11.3. The quantitative estimate of drug-likeness (QED) is 0.867. The van der Waals surface area contributed by atoms with Crippen LogP contribution in [0, 0.1) is 0 Å². The number of nitrogens with one attached hydrogen (secondary N) is 1. The highest BCUT2D eigenvalue weighted by Crippen LogP contribution is 2.16. The van der Waals surface area contributed by atoms with Crippen LogP contribution in [-0.2, 0) is 16.6 Å². The molecule has 0 unspecified atom stereocenters. The highest BCUT2D eigenvalue weighted by molar-refractivity contribution is 7.88. The van der Waals surface area contributed by atoms with E-state index < -0.39 is 10.0 Å². The van der Waals surface area contributed by atoms with Gasteiger partial charge in [-0.25, -0.2) is 13.2 Å². The Hall–Kier alpha value is -1.76. The topological polar surface area (TPSA) is 68.4 Å². The number of sulfonamides is 1. The Labute approximate surface area is 118 Å². The zero-order valence-corrected chi connectivity index (χ0v) is 13.0. The molecule has 0 aliphatic rings. The summed E-state index contributed by atoms with van der Waals surface area (Å²) in [5.41, 5.74) is 2.69. The number of hydrogen-bond acceptors (Lipinski definition) is 3. The summed E-state index contributed by atoms with van der Waals surface area (Å²) in [5, 5.41) is 4.09. The molecule has 1 aromatic heterocycles. The Morgan fingerprint density at radius 1 is 1.25 bits per heavy atom. The molecule has 1 N–H and O–H groups in total. The number of fused-ring (bicyclic) bond motifs is 1. The third kappa shape index (κ3) is 2.72. The van der Waals surface area contributed by atoms with Crippen molar-refractivity contribution in [2.24, 2.45) is 5.10 Å². The molecule has 0 aliphatic heterocycles. The molecule has 0 spiro atoms. The molecule has 6 nitrogen and oxygen atoms in total. The minimum absolute atomic E-state index is 0.174. The predicted octanol–water partition coefficient (Wildman–Crippen LogP) is 1.41. The molecule has 0 radical (unpaired) electrons. The molecule has 0 fully saturated rings. The maximum atomic E-state index is 11.3. The van der Waals surface area contributed by atoms with Crippen LogP contribution in [-0.4, -0.2) is 23.8 Å². The van der Waals surface area contributed by atoms with E-state index in [1.165, 1.54) is 0 Å². The van der Waals surface area contributed by atoms with E-state index in [9.17, 15) is 8.42 Å². The summed E-state index contributed by atoms with van der Waals surface area (Å²) in [6.07, 6.45) is 1.09. The average molecular weight is 296 g/mol. The van der Waals surface area contributed by atoms with Gasteiger partial charge >= 0.3 is 0 Å². The fourth-order valence-corrected chi connectivity index (χ4v) is 2.55. The summed E-state index contributed by atoms with van der Waals surface area (Å²) >= 11 is 0. The number of hydrogen-bond donors (Lipinski definition) is 1. The third-order valence-electron chi connectivity index (χ3n) is 3.03. The van der Waals surface area contributed by atoms with Crippen LogP contribution in [0.5, 0.6) is 0 Å². The summed E-state index contributed by atoms with van der Waals surface area (Å²) in [5.74, 6) is 0. The summed E-state index contributed by atoms with van der Waals surface area (Å²) < 4.78 is 26.6. The van der Waals surface area contributed by atoms with Gasteiger partial charge < -0.3 is 9.13 Å². The molecule has 110 valence electrons. The largest absolute Gasteiger partial charge is 0.309 e. The first-order valence-corrected chi connectivity index (χ1v) is 8.44. The van der Waals surface area contributed by atoms with Crippen LogP contribution in [0.4, 0.5) is 0 Å². The van der Waals surface area contributed by atoms with E-state index in [-0.39, 0.29) is 6.04 Å². The normalized spacial score (nSPS) is 13.3. The Kier molecular flexibility index (Phi) is 3.89. The Morgan fingerprint density at radius 2 is 1.85 bits per heavy atom. The summed E-state index contributed by atoms with van der Waals surface area (Å²) in [6, 6.07) is 8.13. The van der Waals surface area contributed by atoms with Crippen molar-refractivity contribution in [2.75, 3.05) is 6.26 Å². The molecule has 2 rings (SSSR count). The molecule has 20 heavy (non-hydrogen) atoms. The minimum Gasteiger partial charge on any atom is -0.309 e. The molecule has 0 amide bonds. The molecule has 0 atom stereocenters. The third-order valence-corrected chi connectivity index (χ3v) is 3.46. The lowest BCUT2D eigenvalue weighted by Crippen LogP contribution is -2.31. The van der Waals surface area contributed by atoms with Crippen LogP contribution >= 0.6 is 0 Å². The summed E-state index contributed by atoms with van der Waals surface area (Å²) in [6.45, 7) is 6.82.